The van der Waals surface area contributed by atoms with Crippen molar-refractivity contribution in [2.24, 2.45) is 7.05 Å². The fourth-order valence-electron chi connectivity index (χ4n) is 4.08. The van der Waals surface area contributed by atoms with E-state index in [0.29, 0.717) is 11.1 Å². The number of rotatable bonds is 6. The molecule has 1 aliphatic heterocycles. The Bertz CT molecular complexity index is 1270. The molecule has 1 aliphatic rings. The maximum Gasteiger partial charge on any atom is 0.257 e. The number of benzene rings is 1. The molecule has 7 nitrogen and oxygen atoms in total. The zero-order valence-corrected chi connectivity index (χ0v) is 20.2. The third-order valence-corrected chi connectivity index (χ3v) is 6.87. The molecule has 186 valence electrons. The molecule has 0 aliphatic carbocycles. The molecular formula is C23H22BrF4N5O2. The van der Waals surface area contributed by atoms with E-state index >= 15 is 0 Å². The lowest BCUT2D eigenvalue weighted by Crippen LogP contribution is -2.51. The second-order valence-corrected chi connectivity index (χ2v) is 9.37. The third-order valence-electron chi connectivity index (χ3n) is 5.88. The van der Waals surface area contributed by atoms with Crippen LogP contribution < -0.4 is 10.9 Å². The summed E-state index contributed by atoms with van der Waals surface area (Å²) < 4.78 is 59.0. The van der Waals surface area contributed by atoms with Gasteiger partial charge in [-0.1, -0.05) is 22.0 Å². The summed E-state index contributed by atoms with van der Waals surface area (Å²) in [6.07, 6.45) is 3.84. The summed E-state index contributed by atoms with van der Waals surface area (Å²) >= 11 is 3.30. The van der Waals surface area contributed by atoms with Gasteiger partial charge in [0.15, 0.2) is 5.82 Å². The molecule has 1 fully saturated rings. The molecule has 1 unspecified atom stereocenters. The molecule has 0 radical (unpaired) electrons. The Hall–Kier alpha value is -2.99. The second kappa shape index (κ2) is 9.94. The molecule has 0 bridgehead atoms. The molecule has 1 saturated heterocycles. The first-order valence-electron chi connectivity index (χ1n) is 10.7. The highest BCUT2D eigenvalue weighted by Gasteiger charge is 2.46. The molecule has 1 aromatic carbocycles. The molecule has 3 aromatic rings. The lowest BCUT2D eigenvalue weighted by atomic mass is 9.88. The first kappa shape index (κ1) is 25.1. The number of anilines is 1. The quantitative estimate of drug-likeness (QED) is 0.286. The molecule has 4 rings (SSSR count). The highest BCUT2D eigenvalue weighted by Crippen LogP contribution is 2.41. The number of nitrogens with one attached hydrogen (secondary N) is 1. The van der Waals surface area contributed by atoms with Crippen LogP contribution in [-0.2, 0) is 18.4 Å². The van der Waals surface area contributed by atoms with Gasteiger partial charge in [-0.3, -0.25) is 14.5 Å². The first-order valence-corrected chi connectivity index (χ1v) is 11.6. The van der Waals surface area contributed by atoms with Gasteiger partial charge in [-0.05, 0) is 23.3 Å². The number of halogens is 5. The van der Waals surface area contributed by atoms with Crippen molar-refractivity contribution in [3.05, 3.63) is 82.2 Å². The molecular weight excluding hydrogens is 534 g/mol. The summed E-state index contributed by atoms with van der Waals surface area (Å²) in [5, 5.41) is 2.62. The lowest BCUT2D eigenvalue weighted by Gasteiger charge is -2.40. The smallest absolute Gasteiger partial charge is 0.257 e. The molecule has 1 amide bonds. The number of hydrogen-bond acceptors (Lipinski definition) is 4. The number of alkyl halides is 3. The van der Waals surface area contributed by atoms with Crippen molar-refractivity contribution in [1.82, 2.24) is 19.0 Å². The van der Waals surface area contributed by atoms with E-state index in [9.17, 15) is 27.2 Å². The van der Waals surface area contributed by atoms with Crippen LogP contribution in [-0.4, -0.2) is 48.9 Å². The number of aryl methyl sites for hydroxylation is 1. The van der Waals surface area contributed by atoms with E-state index < -0.39 is 40.8 Å². The van der Waals surface area contributed by atoms with E-state index in [4.69, 9.17) is 0 Å². The van der Waals surface area contributed by atoms with Crippen LogP contribution in [0.15, 0.2) is 53.8 Å². The fourth-order valence-corrected chi connectivity index (χ4v) is 4.57. The van der Waals surface area contributed by atoms with Crippen molar-refractivity contribution >= 4 is 27.7 Å². The van der Waals surface area contributed by atoms with Crippen molar-refractivity contribution < 1.29 is 22.4 Å². The Kier molecular flexibility index (Phi) is 7.13. The lowest BCUT2D eigenvalue weighted by molar-refractivity contribution is -0.122. The van der Waals surface area contributed by atoms with Gasteiger partial charge in [-0.25, -0.2) is 22.5 Å². The van der Waals surface area contributed by atoms with Gasteiger partial charge in [-0.2, -0.15) is 0 Å². The Morgan fingerprint density at radius 1 is 1.23 bits per heavy atom. The van der Waals surface area contributed by atoms with Crippen LogP contribution in [0, 0.1) is 11.6 Å². The van der Waals surface area contributed by atoms with Gasteiger partial charge >= 0.3 is 0 Å². The molecule has 2 atom stereocenters. The minimum atomic E-state index is -2.99. The summed E-state index contributed by atoms with van der Waals surface area (Å²) in [4.78, 5) is 29.2. The average Bonchev–Trinajstić information content (AvgIpc) is 3.21. The molecule has 35 heavy (non-hydrogen) atoms. The van der Waals surface area contributed by atoms with Crippen molar-refractivity contribution in [2.75, 3.05) is 18.4 Å². The number of hydrogen-bond donors (Lipinski definition) is 1. The zero-order chi connectivity index (χ0) is 25.3. The number of aromatic nitrogens is 3. The number of imidazole rings is 1. The van der Waals surface area contributed by atoms with Crippen LogP contribution in [0.3, 0.4) is 0 Å². The van der Waals surface area contributed by atoms with E-state index in [0.717, 1.165) is 6.07 Å². The van der Waals surface area contributed by atoms with Crippen LogP contribution in [0.25, 0.3) is 0 Å². The van der Waals surface area contributed by atoms with Crippen molar-refractivity contribution in [1.29, 1.82) is 0 Å². The van der Waals surface area contributed by atoms with Crippen LogP contribution in [0.4, 0.5) is 23.4 Å². The van der Waals surface area contributed by atoms with E-state index in [1.165, 1.54) is 54.6 Å². The highest BCUT2D eigenvalue weighted by molar-refractivity contribution is 9.09. The minimum absolute atomic E-state index is 0.0157. The van der Waals surface area contributed by atoms with Gasteiger partial charge in [0.25, 0.3) is 11.8 Å². The number of carbonyl (C=O) groups is 1. The normalized spacial score (nSPS) is 18.9. The predicted molar refractivity (Wildman–Crippen MR) is 125 cm³/mol. The first-order chi connectivity index (χ1) is 16.5. The fraction of sp³-hybridized carbons (Fsp3) is 0.348. The highest BCUT2D eigenvalue weighted by atomic mass is 79.9. The van der Waals surface area contributed by atoms with E-state index in [1.54, 1.807) is 9.47 Å². The Balaban J connectivity index is 1.42. The molecule has 0 saturated carbocycles. The van der Waals surface area contributed by atoms with Gasteiger partial charge in [0.2, 0.25) is 5.56 Å². The van der Waals surface area contributed by atoms with E-state index in [1.807, 2.05) is 0 Å². The van der Waals surface area contributed by atoms with E-state index in [2.05, 4.69) is 26.2 Å². The van der Waals surface area contributed by atoms with Gasteiger partial charge in [0.05, 0.1) is 12.2 Å². The minimum Gasteiger partial charge on any atom is -0.331 e. The number of nitrogens with zero attached hydrogens (tertiary/aromatic N) is 4. The standard InChI is InChI=1S/C23H22BrF4N5O2/c1-31-10-15(2-3-20(31)34)18-11-33(5-4-23(18,27)28)21(24)22(35)30-19-12-32(13-29-19)9-14-6-16(25)8-17(26)7-14/h2-3,6-8,10,12-13,18,21H,4-5,9,11H2,1H3,(H,30,35)/t18-,21?/m1/s1. The molecule has 1 N–H and O–H groups in total. The van der Waals surface area contributed by atoms with Crippen molar-refractivity contribution in [2.45, 2.75) is 29.8 Å². The maximum absolute atomic E-state index is 14.7. The number of carbonyl (C=O) groups excluding carboxylic acids is 1. The second-order valence-electron chi connectivity index (χ2n) is 8.50. The largest absolute Gasteiger partial charge is 0.331 e. The van der Waals surface area contributed by atoms with Gasteiger partial charge in [0, 0.05) is 57.6 Å². The molecule has 0 spiro atoms. The van der Waals surface area contributed by atoms with Crippen LogP contribution in [0.2, 0.25) is 0 Å². The van der Waals surface area contributed by atoms with Crippen LogP contribution >= 0.6 is 15.9 Å². The van der Waals surface area contributed by atoms with Gasteiger partial charge < -0.3 is 14.5 Å². The topological polar surface area (TPSA) is 72.2 Å². The van der Waals surface area contributed by atoms with E-state index in [-0.39, 0.29) is 31.0 Å². The van der Waals surface area contributed by atoms with Gasteiger partial charge in [0.1, 0.15) is 16.6 Å². The maximum atomic E-state index is 14.7. The Morgan fingerprint density at radius 2 is 1.94 bits per heavy atom. The van der Waals surface area contributed by atoms with Crippen molar-refractivity contribution in [3.63, 3.8) is 0 Å². The number of likely N-dealkylation sites (tertiary alicyclic amines) is 1. The summed E-state index contributed by atoms with van der Waals surface area (Å²) in [6, 6.07) is 5.81. The molecule has 12 heteroatoms. The summed E-state index contributed by atoms with van der Waals surface area (Å²) in [5.74, 6) is -5.88. The average molecular weight is 556 g/mol. The van der Waals surface area contributed by atoms with Gasteiger partial charge in [-0.15, -0.1) is 0 Å². The van der Waals surface area contributed by atoms with Crippen LogP contribution in [0.1, 0.15) is 23.5 Å². The zero-order valence-electron chi connectivity index (χ0n) is 18.6. The van der Waals surface area contributed by atoms with Crippen molar-refractivity contribution in [3.8, 4) is 0 Å². The third kappa shape index (κ3) is 5.81. The summed E-state index contributed by atoms with van der Waals surface area (Å²) in [6.45, 7) is 0.0179. The monoisotopic (exact) mass is 555 g/mol. The van der Waals surface area contributed by atoms with Crippen LogP contribution in [0.5, 0.6) is 0 Å². The number of pyridine rings is 1. The Morgan fingerprint density at radius 3 is 2.63 bits per heavy atom. The molecule has 2 aromatic heterocycles. The number of piperidine rings is 1. The number of amides is 1. The molecule has 3 heterocycles. The SMILES string of the molecule is Cn1cc([C@H]2CN(C(Br)C(=O)Nc3cn(Cc4cc(F)cc(F)c4)cn3)CCC2(F)F)ccc1=O. The predicted octanol–water partition coefficient (Wildman–Crippen LogP) is 3.69. The summed E-state index contributed by atoms with van der Waals surface area (Å²) in [7, 11) is 1.50. The summed E-state index contributed by atoms with van der Waals surface area (Å²) in [5.41, 5.74) is 0.397. The Labute approximate surface area is 206 Å².